The zero-order valence-corrected chi connectivity index (χ0v) is 9.54. The van der Waals surface area contributed by atoms with Crippen LogP contribution < -0.4 is 5.32 Å². The van der Waals surface area contributed by atoms with Crippen LogP contribution in [0, 0.1) is 29.1 Å². The summed E-state index contributed by atoms with van der Waals surface area (Å²) >= 11 is 0. The lowest BCUT2D eigenvalue weighted by atomic mass is 9.88. The monoisotopic (exact) mass is 207 g/mol. The highest BCUT2D eigenvalue weighted by Crippen LogP contribution is 2.65. The van der Waals surface area contributed by atoms with Crippen molar-refractivity contribution in [3.63, 3.8) is 0 Å². The van der Waals surface area contributed by atoms with E-state index in [0.717, 1.165) is 42.9 Å². The maximum absolute atomic E-state index is 5.30. The van der Waals surface area contributed by atoms with E-state index in [1.165, 1.54) is 19.4 Å². The second kappa shape index (κ2) is 2.78. The molecule has 84 valence electrons. The van der Waals surface area contributed by atoms with E-state index in [2.05, 4.69) is 12.2 Å². The molecule has 3 saturated carbocycles. The van der Waals surface area contributed by atoms with Gasteiger partial charge in [-0.2, -0.15) is 0 Å². The Kier molecular flexibility index (Phi) is 1.67. The minimum Gasteiger partial charge on any atom is -0.380 e. The maximum atomic E-state index is 5.30. The predicted molar refractivity (Wildman–Crippen MR) is 58.5 cm³/mol. The van der Waals surface area contributed by atoms with Crippen LogP contribution >= 0.6 is 0 Å². The molecule has 0 aromatic rings. The average molecular weight is 207 g/mol. The van der Waals surface area contributed by atoms with Crippen molar-refractivity contribution >= 4 is 0 Å². The van der Waals surface area contributed by atoms with E-state index >= 15 is 0 Å². The molecule has 1 N–H and O–H groups in total. The van der Waals surface area contributed by atoms with Crippen molar-refractivity contribution in [3.05, 3.63) is 0 Å². The van der Waals surface area contributed by atoms with Crippen LogP contribution in [-0.4, -0.2) is 25.8 Å². The van der Waals surface area contributed by atoms with Crippen LogP contribution in [0.25, 0.3) is 0 Å². The van der Waals surface area contributed by atoms with Crippen molar-refractivity contribution in [3.8, 4) is 0 Å². The van der Waals surface area contributed by atoms with Crippen molar-refractivity contribution in [1.29, 1.82) is 0 Å². The van der Waals surface area contributed by atoms with Gasteiger partial charge in [0.25, 0.3) is 0 Å². The van der Waals surface area contributed by atoms with Crippen LogP contribution in [0.4, 0.5) is 0 Å². The molecule has 0 radical (unpaired) electrons. The van der Waals surface area contributed by atoms with Gasteiger partial charge in [0.1, 0.15) is 0 Å². The fourth-order valence-corrected chi connectivity index (χ4v) is 4.51. The van der Waals surface area contributed by atoms with E-state index in [4.69, 9.17) is 4.74 Å². The van der Waals surface area contributed by atoms with Crippen LogP contribution in [-0.2, 0) is 4.74 Å². The van der Waals surface area contributed by atoms with Gasteiger partial charge in [-0.1, -0.05) is 6.92 Å². The van der Waals surface area contributed by atoms with Crippen LogP contribution in [0.3, 0.4) is 0 Å². The molecular weight excluding hydrogens is 186 g/mol. The average Bonchev–Trinajstić information content (AvgIpc) is 2.59. The zero-order valence-electron chi connectivity index (χ0n) is 9.54. The van der Waals surface area contributed by atoms with E-state index in [-0.39, 0.29) is 0 Å². The molecule has 1 aliphatic heterocycles. The molecule has 3 aliphatic carbocycles. The third-order valence-corrected chi connectivity index (χ3v) is 5.40. The topological polar surface area (TPSA) is 21.3 Å². The Bertz CT molecular complexity index is 270. The summed E-state index contributed by atoms with van der Waals surface area (Å²) in [6, 6.07) is 0.897. The number of hydrogen-bond donors (Lipinski definition) is 1. The number of fused-ring (bicyclic) bond motifs is 5. The first kappa shape index (κ1) is 9.00. The summed E-state index contributed by atoms with van der Waals surface area (Å²) in [7, 11) is 0. The highest BCUT2D eigenvalue weighted by Gasteiger charge is 2.64. The third-order valence-electron chi connectivity index (χ3n) is 5.40. The van der Waals surface area contributed by atoms with Crippen LogP contribution in [0.15, 0.2) is 0 Å². The van der Waals surface area contributed by atoms with Gasteiger partial charge >= 0.3 is 0 Å². The molecule has 0 amide bonds. The van der Waals surface area contributed by atoms with Crippen molar-refractivity contribution in [2.75, 3.05) is 19.8 Å². The summed E-state index contributed by atoms with van der Waals surface area (Å²) < 4.78 is 5.30. The zero-order chi connectivity index (χ0) is 10.0. The van der Waals surface area contributed by atoms with Crippen molar-refractivity contribution in [2.45, 2.75) is 32.2 Å². The molecule has 2 nitrogen and oxygen atoms in total. The Balaban J connectivity index is 1.35. The summed E-state index contributed by atoms with van der Waals surface area (Å²) in [4.78, 5) is 0. The lowest BCUT2D eigenvalue weighted by molar-refractivity contribution is -0.0994. The SMILES string of the molecule is CC1(CNC2C3C4CCC(C4)C23)COC1. The van der Waals surface area contributed by atoms with Gasteiger partial charge in [0.2, 0.25) is 0 Å². The minimum atomic E-state index is 0.454. The largest absolute Gasteiger partial charge is 0.380 e. The van der Waals surface area contributed by atoms with Crippen LogP contribution in [0.1, 0.15) is 26.2 Å². The molecule has 0 aromatic carbocycles. The molecule has 15 heavy (non-hydrogen) atoms. The van der Waals surface area contributed by atoms with Gasteiger partial charge < -0.3 is 10.1 Å². The molecular formula is C13H21NO. The Hall–Kier alpha value is -0.0800. The highest BCUT2D eigenvalue weighted by molar-refractivity contribution is 5.17. The molecule has 4 fully saturated rings. The standard InChI is InChI=1S/C13H21NO/c1-13(6-15-7-13)5-14-12-10-8-2-3-9(4-8)11(10)12/h8-12,14H,2-7H2,1H3. The number of rotatable bonds is 3. The summed E-state index contributed by atoms with van der Waals surface area (Å²) in [5.74, 6) is 4.35. The molecule has 0 spiro atoms. The van der Waals surface area contributed by atoms with E-state index in [9.17, 15) is 0 Å². The Morgan fingerprint density at radius 1 is 1.20 bits per heavy atom. The summed E-state index contributed by atoms with van der Waals surface area (Å²) in [5.41, 5.74) is 0.454. The lowest BCUT2D eigenvalue weighted by Crippen LogP contribution is -2.48. The first-order valence-electron chi connectivity index (χ1n) is 6.58. The molecule has 1 saturated heterocycles. The third kappa shape index (κ3) is 1.18. The number of hydrogen-bond acceptors (Lipinski definition) is 2. The van der Waals surface area contributed by atoms with Gasteiger partial charge in [0.15, 0.2) is 0 Å². The van der Waals surface area contributed by atoms with Gasteiger partial charge in [-0.05, 0) is 42.9 Å². The molecule has 0 aromatic heterocycles. The molecule has 1 heterocycles. The Morgan fingerprint density at radius 3 is 2.40 bits per heavy atom. The van der Waals surface area contributed by atoms with Crippen molar-refractivity contribution < 1.29 is 4.74 Å². The normalized spacial score (nSPS) is 53.8. The van der Waals surface area contributed by atoms with Crippen LogP contribution in [0.5, 0.6) is 0 Å². The van der Waals surface area contributed by atoms with E-state index in [1.807, 2.05) is 0 Å². The Labute approximate surface area is 91.8 Å². The van der Waals surface area contributed by atoms with Gasteiger partial charge in [-0.25, -0.2) is 0 Å². The quantitative estimate of drug-likeness (QED) is 0.760. The van der Waals surface area contributed by atoms with Gasteiger partial charge in [0, 0.05) is 18.0 Å². The van der Waals surface area contributed by atoms with Gasteiger partial charge in [-0.15, -0.1) is 0 Å². The van der Waals surface area contributed by atoms with Crippen molar-refractivity contribution in [1.82, 2.24) is 5.32 Å². The summed E-state index contributed by atoms with van der Waals surface area (Å²) in [5, 5.41) is 3.82. The van der Waals surface area contributed by atoms with E-state index < -0.39 is 0 Å². The lowest BCUT2D eigenvalue weighted by Gasteiger charge is -2.38. The molecule has 4 aliphatic rings. The highest BCUT2D eigenvalue weighted by atomic mass is 16.5. The van der Waals surface area contributed by atoms with Crippen molar-refractivity contribution in [2.24, 2.45) is 29.1 Å². The minimum absolute atomic E-state index is 0.454. The second-order valence-electron chi connectivity index (χ2n) is 6.70. The summed E-state index contributed by atoms with van der Waals surface area (Å²) in [6.07, 6.45) is 4.63. The van der Waals surface area contributed by atoms with Gasteiger partial charge in [-0.3, -0.25) is 0 Å². The van der Waals surface area contributed by atoms with Gasteiger partial charge in [0.05, 0.1) is 13.2 Å². The summed E-state index contributed by atoms with van der Waals surface area (Å²) in [6.45, 7) is 5.46. The fourth-order valence-electron chi connectivity index (χ4n) is 4.51. The second-order valence-corrected chi connectivity index (χ2v) is 6.70. The molecule has 4 atom stereocenters. The predicted octanol–water partition coefficient (Wildman–Crippen LogP) is 1.66. The maximum Gasteiger partial charge on any atom is 0.0554 e. The van der Waals surface area contributed by atoms with Crippen LogP contribution in [0.2, 0.25) is 0 Å². The first-order chi connectivity index (χ1) is 7.27. The molecule has 2 bridgehead atoms. The molecule has 2 heteroatoms. The first-order valence-corrected chi connectivity index (χ1v) is 6.58. The number of nitrogens with one attached hydrogen (secondary N) is 1. The smallest absolute Gasteiger partial charge is 0.0554 e. The molecule has 4 rings (SSSR count). The number of ether oxygens (including phenoxy) is 1. The van der Waals surface area contributed by atoms with E-state index in [1.54, 1.807) is 6.42 Å². The Morgan fingerprint density at radius 2 is 1.87 bits per heavy atom. The van der Waals surface area contributed by atoms with E-state index in [0.29, 0.717) is 5.41 Å². The molecule has 4 unspecified atom stereocenters. The fraction of sp³-hybridized carbons (Fsp3) is 1.00.